The van der Waals surface area contributed by atoms with Gasteiger partial charge in [0.15, 0.2) is 0 Å². The molecule has 0 atom stereocenters. The average Bonchev–Trinajstić information content (AvgIpc) is 3.27. The van der Waals surface area contributed by atoms with Gasteiger partial charge in [0, 0.05) is 41.8 Å². The Morgan fingerprint density at radius 1 is 1.06 bits per heavy atom. The van der Waals surface area contributed by atoms with Crippen LogP contribution in [0.15, 0.2) is 66.0 Å². The number of nitrogens with one attached hydrogen (secondary N) is 1. The number of anilines is 1. The molecule has 0 saturated heterocycles. The van der Waals surface area contributed by atoms with Gasteiger partial charge in [-0.05, 0) is 18.1 Å². The van der Waals surface area contributed by atoms with E-state index < -0.39 is 0 Å². The van der Waals surface area contributed by atoms with Gasteiger partial charge in [-0.2, -0.15) is 5.10 Å². The number of rotatable bonds is 8. The third-order valence-corrected chi connectivity index (χ3v) is 5.98. The van der Waals surface area contributed by atoms with Crippen molar-refractivity contribution in [2.75, 3.05) is 25.3 Å². The fraction of sp³-hybridized carbons (Fsp3) is 0.208. The van der Waals surface area contributed by atoms with Gasteiger partial charge in [-0.3, -0.25) is 4.79 Å². The maximum Gasteiger partial charge on any atom is 0.234 e. The van der Waals surface area contributed by atoms with Crippen molar-refractivity contribution in [3.05, 3.63) is 66.5 Å². The van der Waals surface area contributed by atoms with Gasteiger partial charge in [-0.15, -0.1) is 0 Å². The number of aryl methyl sites for hydroxylation is 1. The van der Waals surface area contributed by atoms with E-state index >= 15 is 0 Å². The van der Waals surface area contributed by atoms with Gasteiger partial charge < -0.3 is 14.8 Å². The largest absolute Gasteiger partial charge is 0.497 e. The Hall–Kier alpha value is -3.52. The number of aromatic nitrogens is 3. The number of benzene rings is 2. The van der Waals surface area contributed by atoms with Crippen LogP contribution in [-0.2, 0) is 11.2 Å². The van der Waals surface area contributed by atoms with E-state index in [1.165, 1.54) is 17.3 Å². The molecule has 164 valence electrons. The van der Waals surface area contributed by atoms with Crippen molar-refractivity contribution in [3.8, 4) is 22.8 Å². The Morgan fingerprint density at radius 3 is 2.44 bits per heavy atom. The maximum absolute atomic E-state index is 12.5. The summed E-state index contributed by atoms with van der Waals surface area (Å²) >= 11 is 1.37. The minimum absolute atomic E-state index is 0.149. The second kappa shape index (κ2) is 9.74. The lowest BCUT2D eigenvalue weighted by Gasteiger charge is -2.10. The van der Waals surface area contributed by atoms with Crippen molar-refractivity contribution < 1.29 is 14.3 Å². The molecule has 0 fully saturated rings. The number of ether oxygens (including phenoxy) is 2. The van der Waals surface area contributed by atoms with Crippen molar-refractivity contribution in [1.82, 2.24) is 14.6 Å². The van der Waals surface area contributed by atoms with Crippen LogP contribution in [0.1, 0.15) is 12.5 Å². The molecule has 2 aromatic heterocycles. The summed E-state index contributed by atoms with van der Waals surface area (Å²) in [5.41, 5.74) is 4.68. The molecule has 2 aromatic carbocycles. The van der Waals surface area contributed by atoms with Gasteiger partial charge in [-0.25, -0.2) is 9.50 Å². The van der Waals surface area contributed by atoms with Crippen LogP contribution in [0.5, 0.6) is 11.5 Å². The second-order valence-corrected chi connectivity index (χ2v) is 8.04. The van der Waals surface area contributed by atoms with Crippen LogP contribution in [0.3, 0.4) is 0 Å². The molecule has 0 aliphatic rings. The molecule has 1 N–H and O–H groups in total. The van der Waals surface area contributed by atoms with Crippen LogP contribution in [0.2, 0.25) is 0 Å². The molecular weight excluding hydrogens is 424 g/mol. The zero-order chi connectivity index (χ0) is 22.5. The third-order valence-electron chi connectivity index (χ3n) is 4.99. The molecule has 0 aliphatic carbocycles. The van der Waals surface area contributed by atoms with Crippen LogP contribution in [0.4, 0.5) is 5.69 Å². The predicted molar refractivity (Wildman–Crippen MR) is 127 cm³/mol. The van der Waals surface area contributed by atoms with Crippen molar-refractivity contribution in [2.24, 2.45) is 0 Å². The zero-order valence-electron chi connectivity index (χ0n) is 18.2. The molecule has 0 spiro atoms. The monoisotopic (exact) mass is 448 g/mol. The van der Waals surface area contributed by atoms with Crippen molar-refractivity contribution in [2.45, 2.75) is 18.4 Å². The number of carbonyl (C=O) groups excluding carboxylic acids is 1. The number of carbonyl (C=O) groups is 1. The summed E-state index contributed by atoms with van der Waals surface area (Å²) in [7, 11) is 3.14. The summed E-state index contributed by atoms with van der Waals surface area (Å²) in [5, 5.41) is 8.29. The normalized spacial score (nSPS) is 10.8. The van der Waals surface area contributed by atoms with Gasteiger partial charge in [0.1, 0.15) is 16.5 Å². The Kier molecular flexibility index (Phi) is 6.61. The molecule has 0 radical (unpaired) electrons. The molecule has 2 heterocycles. The summed E-state index contributed by atoms with van der Waals surface area (Å²) in [6.45, 7) is 2.13. The molecule has 0 bridgehead atoms. The predicted octanol–water partition coefficient (Wildman–Crippen LogP) is 4.71. The van der Waals surface area contributed by atoms with E-state index in [1.807, 2.05) is 12.3 Å². The standard InChI is InChI=1S/C24H24N4O3S/c1-4-16-5-7-17(8-6-16)21-14-22-24(25-9-10-28(22)27-21)32-15-23(29)26-18-11-19(30-2)13-20(12-18)31-3/h5-14H,4,15H2,1-3H3,(H,26,29). The number of methoxy groups -OCH3 is 2. The highest BCUT2D eigenvalue weighted by Gasteiger charge is 2.12. The lowest BCUT2D eigenvalue weighted by Crippen LogP contribution is -2.14. The molecule has 4 rings (SSSR count). The topological polar surface area (TPSA) is 77.8 Å². The fourth-order valence-corrected chi connectivity index (χ4v) is 4.05. The third kappa shape index (κ3) is 4.86. The first kappa shape index (κ1) is 21.7. The van der Waals surface area contributed by atoms with Gasteiger partial charge in [0.05, 0.1) is 31.2 Å². The zero-order valence-corrected chi connectivity index (χ0v) is 19.0. The fourth-order valence-electron chi connectivity index (χ4n) is 3.27. The summed E-state index contributed by atoms with van der Waals surface area (Å²) in [4.78, 5) is 17.0. The van der Waals surface area contributed by atoms with E-state index in [4.69, 9.17) is 9.47 Å². The van der Waals surface area contributed by atoms with E-state index in [0.29, 0.717) is 17.2 Å². The van der Waals surface area contributed by atoms with E-state index in [-0.39, 0.29) is 11.7 Å². The van der Waals surface area contributed by atoms with Crippen LogP contribution in [-0.4, -0.2) is 40.5 Å². The highest BCUT2D eigenvalue weighted by molar-refractivity contribution is 8.00. The first-order valence-electron chi connectivity index (χ1n) is 10.2. The van der Waals surface area contributed by atoms with E-state index in [2.05, 4.69) is 46.6 Å². The Balaban J connectivity index is 1.48. The van der Waals surface area contributed by atoms with Gasteiger partial charge in [-0.1, -0.05) is 43.0 Å². The number of nitrogens with zero attached hydrogens (tertiary/aromatic N) is 3. The second-order valence-electron chi connectivity index (χ2n) is 7.08. The average molecular weight is 449 g/mol. The van der Waals surface area contributed by atoms with E-state index in [1.54, 1.807) is 43.1 Å². The van der Waals surface area contributed by atoms with Crippen LogP contribution >= 0.6 is 11.8 Å². The van der Waals surface area contributed by atoms with Crippen LogP contribution < -0.4 is 14.8 Å². The lowest BCUT2D eigenvalue weighted by molar-refractivity contribution is -0.113. The molecule has 0 saturated carbocycles. The van der Waals surface area contributed by atoms with Crippen molar-refractivity contribution in [1.29, 1.82) is 0 Å². The molecule has 7 nitrogen and oxygen atoms in total. The number of amides is 1. The molecule has 4 aromatic rings. The Morgan fingerprint density at radius 2 is 1.78 bits per heavy atom. The first-order chi connectivity index (χ1) is 15.6. The summed E-state index contributed by atoms with van der Waals surface area (Å²) in [5.74, 6) is 1.27. The Bertz CT molecular complexity index is 1220. The summed E-state index contributed by atoms with van der Waals surface area (Å²) in [6, 6.07) is 15.6. The van der Waals surface area contributed by atoms with Crippen LogP contribution in [0, 0.1) is 0 Å². The van der Waals surface area contributed by atoms with E-state index in [9.17, 15) is 4.79 Å². The number of thioether (sulfide) groups is 1. The highest BCUT2D eigenvalue weighted by atomic mass is 32.2. The van der Waals surface area contributed by atoms with E-state index in [0.717, 1.165) is 28.2 Å². The molecule has 8 heteroatoms. The highest BCUT2D eigenvalue weighted by Crippen LogP contribution is 2.28. The first-order valence-corrected chi connectivity index (χ1v) is 11.2. The molecule has 1 amide bonds. The molecule has 0 unspecified atom stereocenters. The minimum atomic E-state index is -0.149. The number of hydrogen-bond acceptors (Lipinski definition) is 6. The lowest BCUT2D eigenvalue weighted by atomic mass is 10.1. The maximum atomic E-state index is 12.5. The minimum Gasteiger partial charge on any atom is -0.497 e. The van der Waals surface area contributed by atoms with Crippen molar-refractivity contribution >= 4 is 28.9 Å². The summed E-state index contributed by atoms with van der Waals surface area (Å²) in [6.07, 6.45) is 4.50. The number of fused-ring (bicyclic) bond motifs is 1. The number of hydrogen-bond donors (Lipinski definition) is 1. The van der Waals surface area contributed by atoms with Crippen LogP contribution in [0.25, 0.3) is 16.8 Å². The quantitative estimate of drug-likeness (QED) is 0.394. The van der Waals surface area contributed by atoms with Gasteiger partial charge in [0.2, 0.25) is 5.91 Å². The molecule has 0 aliphatic heterocycles. The SMILES string of the molecule is CCc1ccc(-c2cc3c(SCC(=O)Nc4cc(OC)cc(OC)c4)nccn3n2)cc1. The van der Waals surface area contributed by atoms with Gasteiger partial charge in [0.25, 0.3) is 0 Å². The van der Waals surface area contributed by atoms with Gasteiger partial charge >= 0.3 is 0 Å². The Labute approximate surface area is 190 Å². The molecule has 32 heavy (non-hydrogen) atoms. The molecular formula is C24H24N4O3S. The summed E-state index contributed by atoms with van der Waals surface area (Å²) < 4.78 is 12.3. The smallest absolute Gasteiger partial charge is 0.234 e. The van der Waals surface area contributed by atoms with Crippen molar-refractivity contribution in [3.63, 3.8) is 0 Å².